The number of nitrogens with one attached hydrogen (secondary N) is 1. The number of allylic oxidation sites excluding steroid dienone is 3. The molecule has 8 nitrogen and oxygen atoms in total. The number of hydrogen-bond donors (Lipinski definition) is 1. The van der Waals surface area contributed by atoms with Crippen LogP contribution in [0.5, 0.6) is 5.88 Å². The highest BCUT2D eigenvalue weighted by atomic mass is 19.3. The molecule has 2 aromatic heterocycles. The molecule has 1 aliphatic carbocycles. The Balaban J connectivity index is 0.000000635. The third kappa shape index (κ3) is 16.7. The lowest BCUT2D eigenvalue weighted by Gasteiger charge is -2.15. The number of methoxy groups -OCH3 is 1. The Labute approximate surface area is 305 Å². The summed E-state index contributed by atoms with van der Waals surface area (Å²) in [6, 6.07) is 7.98. The van der Waals surface area contributed by atoms with Crippen LogP contribution in [0.2, 0.25) is 0 Å². The van der Waals surface area contributed by atoms with Gasteiger partial charge in [-0.25, -0.2) is 23.7 Å². The first kappa shape index (κ1) is 45.0. The van der Waals surface area contributed by atoms with Gasteiger partial charge in [0.15, 0.2) is 5.82 Å². The molecule has 1 amide bonds. The van der Waals surface area contributed by atoms with Crippen LogP contribution in [0.25, 0.3) is 17.0 Å². The Morgan fingerprint density at radius 3 is 2.10 bits per heavy atom. The van der Waals surface area contributed by atoms with Crippen molar-refractivity contribution in [2.75, 3.05) is 19.0 Å². The number of amides is 1. The summed E-state index contributed by atoms with van der Waals surface area (Å²) in [5.74, 6) is -0.873. The van der Waals surface area contributed by atoms with Gasteiger partial charge in [0.05, 0.1) is 23.1 Å². The number of ether oxygens (including phenoxy) is 2. The normalized spacial score (nSPS) is 12.4. The number of rotatable bonds is 13. The number of alkyl halides is 2. The van der Waals surface area contributed by atoms with Gasteiger partial charge in [0.2, 0.25) is 5.88 Å². The number of unbranched alkanes of at least 4 members (excludes halogenated alkanes) is 1. The summed E-state index contributed by atoms with van der Waals surface area (Å²) in [5.41, 5.74) is 6.28. The molecular weight excluding hydrogens is 648 g/mol. The van der Waals surface area contributed by atoms with E-state index >= 15 is 0 Å². The van der Waals surface area contributed by atoms with Gasteiger partial charge in [-0.1, -0.05) is 103 Å². The van der Waals surface area contributed by atoms with Crippen molar-refractivity contribution >= 4 is 17.2 Å². The van der Waals surface area contributed by atoms with Crippen LogP contribution >= 0.6 is 0 Å². The minimum absolute atomic E-state index is 0.0815. The third-order valence-corrected chi connectivity index (χ3v) is 8.05. The minimum atomic E-state index is -2.63. The van der Waals surface area contributed by atoms with Gasteiger partial charge in [-0.3, -0.25) is 4.79 Å². The second kappa shape index (κ2) is 23.4. The number of halogens is 2. The fraction of sp³-hybridized carbons (Fsp3) is 0.537. The Morgan fingerprint density at radius 2 is 1.67 bits per heavy atom. The summed E-state index contributed by atoms with van der Waals surface area (Å²) >= 11 is 0. The number of benzene rings is 1. The topological polar surface area (TPSA) is 99.1 Å². The zero-order valence-electron chi connectivity index (χ0n) is 32.8. The predicted octanol–water partition coefficient (Wildman–Crippen LogP) is 11.0. The SMILES string of the molecule is C/C=C(\C)C(C)(F)F.C=C(C)c1ccc(COc2nc(-c3c(CC)ncnc3C3CC3)ncc2NC(=O)COC)cc1.CCC(C)C.CCCC. The van der Waals surface area contributed by atoms with Crippen molar-refractivity contribution in [3.05, 3.63) is 77.5 Å². The number of anilines is 1. The highest BCUT2D eigenvalue weighted by molar-refractivity contribution is 5.92. The monoisotopic (exact) mass is 709 g/mol. The van der Waals surface area contributed by atoms with Crippen molar-refractivity contribution in [2.45, 2.75) is 126 Å². The number of carbonyl (C=O) groups excluding carboxylic acids is 1. The average molecular weight is 710 g/mol. The van der Waals surface area contributed by atoms with Crippen LogP contribution in [0, 0.1) is 5.92 Å². The maximum atomic E-state index is 12.2. The standard InChI is InChI=1S/C26H29N5O3.C6H10F2.C5H12.C4H10/c1-5-20-23(24(19-10-11-19)29-15-28-20)25-27-12-21(30-22(32)14-33-4)26(31-25)34-13-17-6-8-18(9-7-17)16(2)3;1-4-5(2)6(3,7)8;1-4-5(2)3;1-3-4-2/h6-9,12,15,19H,2,5,10-11,13-14H2,1,3-4H3,(H,30,32);4H,1-3H3;5H,4H2,1-3H3;3-4H2,1-2H3/b;5-4+;;. The summed E-state index contributed by atoms with van der Waals surface area (Å²) < 4.78 is 35.1. The molecule has 0 spiro atoms. The van der Waals surface area contributed by atoms with E-state index in [-0.39, 0.29) is 30.6 Å². The Morgan fingerprint density at radius 1 is 1.06 bits per heavy atom. The van der Waals surface area contributed by atoms with Crippen molar-refractivity contribution in [2.24, 2.45) is 5.92 Å². The van der Waals surface area contributed by atoms with E-state index in [4.69, 9.17) is 14.5 Å². The molecule has 0 radical (unpaired) electrons. The molecule has 0 saturated heterocycles. The zero-order valence-corrected chi connectivity index (χ0v) is 32.8. The molecule has 51 heavy (non-hydrogen) atoms. The van der Waals surface area contributed by atoms with Gasteiger partial charge in [0, 0.05) is 20.0 Å². The highest BCUT2D eigenvalue weighted by Gasteiger charge is 2.31. The molecule has 0 unspecified atom stereocenters. The molecular formula is C41H61F2N5O3. The number of aromatic nitrogens is 4. The average Bonchev–Trinajstić information content (AvgIpc) is 3.97. The number of aryl methyl sites for hydroxylation is 1. The summed E-state index contributed by atoms with van der Waals surface area (Å²) in [6.45, 7) is 23.1. The number of nitrogens with zero attached hydrogens (tertiary/aromatic N) is 4. The fourth-order valence-corrected chi connectivity index (χ4v) is 3.91. The van der Waals surface area contributed by atoms with Gasteiger partial charge in [0.1, 0.15) is 25.2 Å². The number of carbonyl (C=O) groups is 1. The van der Waals surface area contributed by atoms with Crippen molar-refractivity contribution < 1.29 is 23.0 Å². The summed E-state index contributed by atoms with van der Waals surface area (Å²) in [4.78, 5) is 30.4. The maximum Gasteiger partial charge on any atom is 0.266 e. The summed E-state index contributed by atoms with van der Waals surface area (Å²) in [6.07, 6.45) is 11.5. The summed E-state index contributed by atoms with van der Waals surface area (Å²) in [5, 5.41) is 2.77. The molecule has 1 N–H and O–H groups in total. The van der Waals surface area contributed by atoms with Crippen molar-refractivity contribution in [3.8, 4) is 17.3 Å². The zero-order chi connectivity index (χ0) is 38.6. The Hall–Kier alpha value is -4.05. The highest BCUT2D eigenvalue weighted by Crippen LogP contribution is 2.43. The van der Waals surface area contributed by atoms with Crippen molar-refractivity contribution in [1.82, 2.24) is 19.9 Å². The number of hydrogen-bond acceptors (Lipinski definition) is 7. The second-order valence-electron chi connectivity index (χ2n) is 13.0. The molecule has 2 heterocycles. The van der Waals surface area contributed by atoms with Crippen LogP contribution in [0.15, 0.2) is 55.0 Å². The molecule has 0 aliphatic heterocycles. The molecule has 0 atom stereocenters. The molecule has 1 aliphatic rings. The van der Waals surface area contributed by atoms with E-state index in [0.717, 1.165) is 65.8 Å². The summed E-state index contributed by atoms with van der Waals surface area (Å²) in [7, 11) is 1.46. The first-order valence-electron chi connectivity index (χ1n) is 18.1. The van der Waals surface area contributed by atoms with Gasteiger partial charge in [-0.05, 0) is 62.7 Å². The van der Waals surface area contributed by atoms with E-state index in [0.29, 0.717) is 17.4 Å². The lowest BCUT2D eigenvalue weighted by Crippen LogP contribution is -2.18. The van der Waals surface area contributed by atoms with Crippen LogP contribution in [0.1, 0.15) is 130 Å². The molecule has 10 heteroatoms. The van der Waals surface area contributed by atoms with E-state index in [9.17, 15) is 13.6 Å². The maximum absolute atomic E-state index is 12.2. The molecule has 3 aromatic rings. The predicted molar refractivity (Wildman–Crippen MR) is 206 cm³/mol. The van der Waals surface area contributed by atoms with Crippen LogP contribution in [-0.4, -0.2) is 45.5 Å². The van der Waals surface area contributed by atoms with Gasteiger partial charge >= 0.3 is 0 Å². The van der Waals surface area contributed by atoms with E-state index < -0.39 is 5.92 Å². The van der Waals surface area contributed by atoms with Gasteiger partial charge in [-0.2, -0.15) is 4.98 Å². The molecule has 4 rings (SSSR count). The largest absolute Gasteiger partial charge is 0.471 e. The van der Waals surface area contributed by atoms with Crippen molar-refractivity contribution in [1.29, 1.82) is 0 Å². The first-order chi connectivity index (χ1) is 24.2. The van der Waals surface area contributed by atoms with Gasteiger partial charge in [0.25, 0.3) is 11.8 Å². The Kier molecular flexibility index (Phi) is 20.7. The van der Waals surface area contributed by atoms with Gasteiger partial charge in [-0.15, -0.1) is 0 Å². The van der Waals surface area contributed by atoms with E-state index in [1.165, 1.54) is 39.4 Å². The molecule has 0 bridgehead atoms. The van der Waals surface area contributed by atoms with Crippen molar-refractivity contribution in [3.63, 3.8) is 0 Å². The van der Waals surface area contributed by atoms with Crippen LogP contribution in [-0.2, 0) is 22.6 Å². The minimum Gasteiger partial charge on any atom is -0.471 e. The van der Waals surface area contributed by atoms with Crippen LogP contribution in [0.3, 0.4) is 0 Å². The molecule has 1 saturated carbocycles. The van der Waals surface area contributed by atoms with Crippen LogP contribution in [0.4, 0.5) is 14.5 Å². The Bertz CT molecular complexity index is 1510. The van der Waals surface area contributed by atoms with E-state index in [1.54, 1.807) is 19.4 Å². The molecule has 1 fully saturated rings. The first-order valence-corrected chi connectivity index (χ1v) is 18.1. The van der Waals surface area contributed by atoms with E-state index in [1.807, 2.05) is 38.1 Å². The van der Waals surface area contributed by atoms with Gasteiger partial charge < -0.3 is 14.8 Å². The fourth-order valence-electron chi connectivity index (χ4n) is 3.91. The quantitative estimate of drug-likeness (QED) is 0.176. The molecule has 282 valence electrons. The third-order valence-electron chi connectivity index (χ3n) is 8.05. The lowest BCUT2D eigenvalue weighted by molar-refractivity contribution is -0.119. The second-order valence-corrected chi connectivity index (χ2v) is 13.0. The lowest BCUT2D eigenvalue weighted by atomic mass is 10.1. The smallest absolute Gasteiger partial charge is 0.266 e. The molecule has 1 aromatic carbocycles. The van der Waals surface area contributed by atoms with Crippen LogP contribution < -0.4 is 10.1 Å². The van der Waals surface area contributed by atoms with E-state index in [2.05, 4.69) is 61.5 Å².